The summed E-state index contributed by atoms with van der Waals surface area (Å²) < 4.78 is 13.2. The third-order valence-electron chi connectivity index (χ3n) is 3.55. The minimum atomic E-state index is -0.461. The van der Waals surface area contributed by atoms with Crippen LogP contribution in [0.2, 0.25) is 5.02 Å². The minimum absolute atomic E-state index is 0.235. The number of amides is 1. The average Bonchev–Trinajstić information content (AvgIpc) is 2.60. The van der Waals surface area contributed by atoms with Crippen LogP contribution in [-0.2, 0) is 0 Å². The van der Waals surface area contributed by atoms with Crippen LogP contribution in [0.1, 0.15) is 15.9 Å². The van der Waals surface area contributed by atoms with Gasteiger partial charge in [0.2, 0.25) is 0 Å². The molecule has 1 amide bonds. The summed E-state index contributed by atoms with van der Waals surface area (Å²) in [5.41, 5.74) is 2.83. The monoisotopic (exact) mass is 355 g/mol. The summed E-state index contributed by atoms with van der Waals surface area (Å²) in [6.45, 7) is 1.93. The van der Waals surface area contributed by atoms with Gasteiger partial charge in [-0.2, -0.15) is 0 Å². The third kappa shape index (κ3) is 4.33. The lowest BCUT2D eigenvalue weighted by Crippen LogP contribution is -2.13. The van der Waals surface area contributed by atoms with Crippen LogP contribution in [0.5, 0.6) is 0 Å². The minimum Gasteiger partial charge on any atom is -0.354 e. The molecule has 0 aliphatic carbocycles. The number of anilines is 3. The summed E-state index contributed by atoms with van der Waals surface area (Å²) in [7, 11) is 0. The van der Waals surface area contributed by atoms with Crippen LogP contribution < -0.4 is 10.6 Å². The molecule has 25 heavy (non-hydrogen) atoms. The Hall–Kier alpha value is -2.92. The maximum atomic E-state index is 13.2. The number of halogens is 2. The van der Waals surface area contributed by atoms with Crippen LogP contribution in [0, 0.1) is 12.7 Å². The first-order chi connectivity index (χ1) is 12.0. The Morgan fingerprint density at radius 3 is 2.56 bits per heavy atom. The van der Waals surface area contributed by atoms with Crippen LogP contribution in [0.15, 0.2) is 60.8 Å². The molecule has 2 N–H and O–H groups in total. The molecular weight excluding hydrogens is 341 g/mol. The van der Waals surface area contributed by atoms with E-state index in [0.29, 0.717) is 10.8 Å². The molecule has 0 unspecified atom stereocenters. The smallest absolute Gasteiger partial charge is 0.256 e. The lowest BCUT2D eigenvalue weighted by molar-refractivity contribution is 0.102. The van der Waals surface area contributed by atoms with Gasteiger partial charge < -0.3 is 10.6 Å². The number of hydrogen-bond acceptors (Lipinski definition) is 3. The topological polar surface area (TPSA) is 54.0 Å². The Kier molecular flexibility index (Phi) is 4.95. The summed E-state index contributed by atoms with van der Waals surface area (Å²) in [5, 5.41) is 6.49. The number of nitrogens with one attached hydrogen (secondary N) is 2. The molecule has 4 nitrogen and oxygen atoms in total. The molecule has 2 aromatic carbocycles. The Balaban J connectivity index is 1.67. The summed E-state index contributed by atoms with van der Waals surface area (Å²) in [6.07, 6.45) is 1.59. The molecule has 1 heterocycles. The van der Waals surface area contributed by atoms with Gasteiger partial charge in [0.25, 0.3) is 5.91 Å². The molecule has 1 aromatic heterocycles. The van der Waals surface area contributed by atoms with E-state index in [1.54, 1.807) is 18.3 Å². The molecule has 3 aromatic rings. The summed E-state index contributed by atoms with van der Waals surface area (Å²) >= 11 is 6.10. The number of pyridine rings is 1. The largest absolute Gasteiger partial charge is 0.354 e. The van der Waals surface area contributed by atoms with E-state index in [1.807, 2.05) is 25.1 Å². The highest BCUT2D eigenvalue weighted by atomic mass is 35.5. The van der Waals surface area contributed by atoms with Gasteiger partial charge in [-0.1, -0.05) is 23.7 Å². The first kappa shape index (κ1) is 16.9. The van der Waals surface area contributed by atoms with Gasteiger partial charge in [-0.15, -0.1) is 0 Å². The van der Waals surface area contributed by atoms with Gasteiger partial charge >= 0.3 is 0 Å². The number of hydrogen-bond donors (Lipinski definition) is 2. The number of carbonyl (C=O) groups excluding carboxylic acids is 1. The molecule has 0 spiro atoms. The number of nitrogens with zero attached hydrogens (tertiary/aromatic N) is 1. The van der Waals surface area contributed by atoms with Gasteiger partial charge in [-0.05, 0) is 55.0 Å². The molecule has 3 rings (SSSR count). The van der Waals surface area contributed by atoms with E-state index in [-0.39, 0.29) is 5.56 Å². The van der Waals surface area contributed by atoms with E-state index >= 15 is 0 Å². The van der Waals surface area contributed by atoms with Crippen LogP contribution >= 0.6 is 11.6 Å². The zero-order valence-corrected chi connectivity index (χ0v) is 14.1. The summed E-state index contributed by atoms with van der Waals surface area (Å²) in [5.74, 6) is -0.503. The van der Waals surface area contributed by atoms with Crippen molar-refractivity contribution in [3.63, 3.8) is 0 Å². The van der Waals surface area contributed by atoms with Crippen molar-refractivity contribution in [1.82, 2.24) is 4.98 Å². The lowest BCUT2D eigenvalue weighted by atomic mass is 10.2. The normalized spacial score (nSPS) is 10.4. The highest BCUT2D eigenvalue weighted by Crippen LogP contribution is 2.23. The van der Waals surface area contributed by atoms with Crippen LogP contribution in [0.25, 0.3) is 0 Å². The van der Waals surface area contributed by atoms with Crippen molar-refractivity contribution in [1.29, 1.82) is 0 Å². The second-order valence-electron chi connectivity index (χ2n) is 5.49. The van der Waals surface area contributed by atoms with Crippen molar-refractivity contribution in [2.75, 3.05) is 10.6 Å². The fraction of sp³-hybridized carbons (Fsp3) is 0.0526. The molecule has 6 heteroatoms. The maximum absolute atomic E-state index is 13.2. The molecule has 0 saturated carbocycles. The predicted octanol–water partition coefficient (Wildman–Crippen LogP) is 5.18. The predicted molar refractivity (Wildman–Crippen MR) is 98.1 cm³/mol. The van der Waals surface area contributed by atoms with Crippen LogP contribution in [0.3, 0.4) is 0 Å². The van der Waals surface area contributed by atoms with E-state index in [0.717, 1.165) is 16.9 Å². The Labute approximate surface area is 149 Å². The Morgan fingerprint density at radius 2 is 1.88 bits per heavy atom. The molecule has 0 radical (unpaired) electrons. The first-order valence-corrected chi connectivity index (χ1v) is 7.95. The van der Waals surface area contributed by atoms with Crippen molar-refractivity contribution in [3.8, 4) is 0 Å². The van der Waals surface area contributed by atoms with Gasteiger partial charge in [0.15, 0.2) is 0 Å². The maximum Gasteiger partial charge on any atom is 0.256 e. The number of rotatable bonds is 4. The lowest BCUT2D eigenvalue weighted by Gasteiger charge is -2.09. The third-order valence-corrected chi connectivity index (χ3v) is 3.96. The second-order valence-corrected chi connectivity index (χ2v) is 5.89. The first-order valence-electron chi connectivity index (χ1n) is 7.57. The standard InChI is InChI=1S/C19H15ClFN3O/c1-12-5-6-15(10-17(12)20)23-16-7-8-18(22-11-16)24-19(25)13-3-2-4-14(21)9-13/h2-11,23H,1H3,(H,22,24,25). The molecule has 126 valence electrons. The fourth-order valence-corrected chi connectivity index (χ4v) is 2.38. The average molecular weight is 356 g/mol. The van der Waals surface area contributed by atoms with Crippen molar-refractivity contribution in [2.45, 2.75) is 6.92 Å². The Morgan fingerprint density at radius 1 is 1.08 bits per heavy atom. The summed E-state index contributed by atoms with van der Waals surface area (Å²) in [4.78, 5) is 16.2. The van der Waals surface area contributed by atoms with Crippen LogP contribution in [-0.4, -0.2) is 10.9 Å². The molecule has 0 fully saturated rings. The van der Waals surface area contributed by atoms with Gasteiger partial charge in [0.05, 0.1) is 11.9 Å². The van der Waals surface area contributed by atoms with Gasteiger partial charge in [0, 0.05) is 16.3 Å². The highest BCUT2D eigenvalue weighted by molar-refractivity contribution is 6.31. The molecular formula is C19H15ClFN3O. The number of aromatic nitrogens is 1. The van der Waals surface area contributed by atoms with E-state index in [1.165, 1.54) is 24.3 Å². The highest BCUT2D eigenvalue weighted by Gasteiger charge is 2.08. The van der Waals surface area contributed by atoms with Crippen molar-refractivity contribution >= 4 is 34.7 Å². The zero-order valence-electron chi connectivity index (χ0n) is 13.4. The van der Waals surface area contributed by atoms with Crippen LogP contribution in [0.4, 0.5) is 21.6 Å². The second kappa shape index (κ2) is 7.32. The molecule has 0 bridgehead atoms. The number of benzene rings is 2. The SMILES string of the molecule is Cc1ccc(Nc2ccc(NC(=O)c3cccc(F)c3)nc2)cc1Cl. The molecule has 0 atom stereocenters. The van der Waals surface area contributed by atoms with Gasteiger partial charge in [-0.3, -0.25) is 4.79 Å². The molecule has 0 saturated heterocycles. The number of carbonyl (C=O) groups is 1. The van der Waals surface area contributed by atoms with Gasteiger partial charge in [0.1, 0.15) is 11.6 Å². The quantitative estimate of drug-likeness (QED) is 0.678. The summed E-state index contributed by atoms with van der Waals surface area (Å²) in [6, 6.07) is 14.6. The van der Waals surface area contributed by atoms with Gasteiger partial charge in [-0.25, -0.2) is 9.37 Å². The molecule has 0 aliphatic heterocycles. The van der Waals surface area contributed by atoms with E-state index in [9.17, 15) is 9.18 Å². The van der Waals surface area contributed by atoms with Crippen molar-refractivity contribution < 1.29 is 9.18 Å². The van der Waals surface area contributed by atoms with E-state index < -0.39 is 11.7 Å². The van der Waals surface area contributed by atoms with Crippen molar-refractivity contribution in [2.24, 2.45) is 0 Å². The molecule has 0 aliphatic rings. The van der Waals surface area contributed by atoms with E-state index in [2.05, 4.69) is 15.6 Å². The fourth-order valence-electron chi connectivity index (χ4n) is 2.20. The zero-order chi connectivity index (χ0) is 17.8. The van der Waals surface area contributed by atoms with E-state index in [4.69, 9.17) is 11.6 Å². The number of aryl methyl sites for hydroxylation is 1. The Bertz CT molecular complexity index is 913. The van der Waals surface area contributed by atoms with Crippen molar-refractivity contribution in [3.05, 3.63) is 82.8 Å².